The largest absolute Gasteiger partial charge is 0.486 e. The molecule has 0 aromatic heterocycles. The summed E-state index contributed by atoms with van der Waals surface area (Å²) in [5.41, 5.74) is 1.14. The number of ether oxygens (including phenoxy) is 2. The smallest absolute Gasteiger partial charge is 0.221 e. The number of fused-ring (bicyclic) bond motifs is 1. The monoisotopic (exact) mass is 262 g/mol. The molecule has 2 heterocycles. The molecule has 19 heavy (non-hydrogen) atoms. The van der Waals surface area contributed by atoms with Gasteiger partial charge in [0, 0.05) is 25.0 Å². The van der Waals surface area contributed by atoms with Gasteiger partial charge in [-0.3, -0.25) is 4.79 Å². The van der Waals surface area contributed by atoms with E-state index in [0.717, 1.165) is 17.1 Å². The highest BCUT2D eigenvalue weighted by atomic mass is 16.6. The molecule has 0 bridgehead atoms. The number of hydrogen-bond donors (Lipinski definition) is 2. The third-order valence-corrected chi connectivity index (χ3v) is 3.53. The molecule has 1 aromatic rings. The fourth-order valence-corrected chi connectivity index (χ4v) is 2.50. The quantitative estimate of drug-likeness (QED) is 0.853. The number of carbonyl (C=O) groups excluding carboxylic acids is 1. The zero-order valence-corrected chi connectivity index (χ0v) is 10.9. The molecule has 0 aliphatic carbocycles. The van der Waals surface area contributed by atoms with Crippen LogP contribution in [0.5, 0.6) is 11.5 Å². The lowest BCUT2D eigenvalue weighted by atomic mass is 10.1. The van der Waals surface area contributed by atoms with Crippen molar-refractivity contribution < 1.29 is 14.3 Å². The molecule has 0 saturated carbocycles. The first-order valence-corrected chi connectivity index (χ1v) is 6.64. The molecule has 0 radical (unpaired) electrons. The minimum Gasteiger partial charge on any atom is -0.486 e. The number of carbonyl (C=O) groups is 1. The molecule has 5 heteroatoms. The van der Waals surface area contributed by atoms with Gasteiger partial charge in [-0.2, -0.15) is 0 Å². The Kier molecular flexibility index (Phi) is 3.29. The van der Waals surface area contributed by atoms with Gasteiger partial charge in [0.2, 0.25) is 5.91 Å². The van der Waals surface area contributed by atoms with Crippen LogP contribution in [0, 0.1) is 0 Å². The second-order valence-electron chi connectivity index (χ2n) is 5.00. The molecule has 0 spiro atoms. The topological polar surface area (TPSA) is 59.6 Å². The Morgan fingerprint density at radius 2 is 2.11 bits per heavy atom. The van der Waals surface area contributed by atoms with Gasteiger partial charge in [0.1, 0.15) is 13.2 Å². The van der Waals surface area contributed by atoms with Gasteiger partial charge < -0.3 is 20.1 Å². The normalized spacial score (nSPS) is 23.0. The van der Waals surface area contributed by atoms with E-state index in [0.29, 0.717) is 26.2 Å². The number of benzene rings is 1. The summed E-state index contributed by atoms with van der Waals surface area (Å²) in [5, 5.41) is 6.28. The van der Waals surface area contributed by atoms with E-state index in [2.05, 4.69) is 17.6 Å². The summed E-state index contributed by atoms with van der Waals surface area (Å²) in [5.74, 6) is 1.73. The number of hydrogen-bond acceptors (Lipinski definition) is 4. The molecule has 2 N–H and O–H groups in total. The average molecular weight is 262 g/mol. The van der Waals surface area contributed by atoms with E-state index < -0.39 is 0 Å². The lowest BCUT2D eigenvalue weighted by molar-refractivity contribution is -0.119. The summed E-state index contributed by atoms with van der Waals surface area (Å²) in [6.07, 6.45) is 0.550. The van der Waals surface area contributed by atoms with E-state index >= 15 is 0 Å². The van der Waals surface area contributed by atoms with E-state index in [1.807, 2.05) is 18.2 Å². The molecule has 1 fully saturated rings. The van der Waals surface area contributed by atoms with Gasteiger partial charge in [0.05, 0.1) is 0 Å². The number of amides is 1. The Hall–Kier alpha value is -1.75. The third kappa shape index (κ3) is 2.66. The van der Waals surface area contributed by atoms with Crippen LogP contribution in [0.2, 0.25) is 0 Å². The van der Waals surface area contributed by atoms with Crippen LogP contribution in [-0.2, 0) is 4.79 Å². The minimum atomic E-state index is 0.117. The Morgan fingerprint density at radius 1 is 1.32 bits per heavy atom. The molecule has 1 amide bonds. The first-order valence-electron chi connectivity index (χ1n) is 6.64. The van der Waals surface area contributed by atoms with Crippen LogP contribution in [0.3, 0.4) is 0 Å². The molecule has 2 aliphatic heterocycles. The number of rotatable bonds is 3. The van der Waals surface area contributed by atoms with Crippen molar-refractivity contribution in [3.63, 3.8) is 0 Å². The van der Waals surface area contributed by atoms with Crippen molar-refractivity contribution in [1.29, 1.82) is 0 Å². The van der Waals surface area contributed by atoms with Crippen molar-refractivity contribution in [1.82, 2.24) is 10.6 Å². The molecular weight excluding hydrogens is 244 g/mol. The maximum Gasteiger partial charge on any atom is 0.221 e. The molecule has 2 aliphatic rings. The van der Waals surface area contributed by atoms with Crippen molar-refractivity contribution in [3.8, 4) is 11.5 Å². The summed E-state index contributed by atoms with van der Waals surface area (Å²) in [6, 6.07) is 6.37. The van der Waals surface area contributed by atoms with Crippen LogP contribution in [0.4, 0.5) is 0 Å². The fraction of sp³-hybridized carbons (Fsp3) is 0.500. The highest BCUT2D eigenvalue weighted by molar-refractivity contribution is 5.78. The minimum absolute atomic E-state index is 0.117. The lowest BCUT2D eigenvalue weighted by Gasteiger charge is -2.22. The second kappa shape index (κ2) is 5.09. The molecule has 5 nitrogen and oxygen atoms in total. The predicted molar refractivity (Wildman–Crippen MR) is 70.4 cm³/mol. The van der Waals surface area contributed by atoms with Crippen LogP contribution in [0.15, 0.2) is 18.2 Å². The standard InChI is InChI=1S/C14H18N2O3/c1-9(16-11-7-14(17)15-8-11)10-2-3-12-13(6-10)19-5-4-18-12/h2-3,6,9,11,16H,4-5,7-8H2,1H3,(H,15,17). The molecule has 2 atom stereocenters. The van der Waals surface area contributed by atoms with Crippen LogP contribution in [0.1, 0.15) is 24.9 Å². The van der Waals surface area contributed by atoms with E-state index in [1.165, 1.54) is 0 Å². The van der Waals surface area contributed by atoms with Gasteiger partial charge in [0.25, 0.3) is 0 Å². The highest BCUT2D eigenvalue weighted by Gasteiger charge is 2.23. The predicted octanol–water partition coefficient (Wildman–Crippen LogP) is 0.997. The van der Waals surface area contributed by atoms with Gasteiger partial charge in [0.15, 0.2) is 11.5 Å². The first kappa shape index (κ1) is 12.3. The maximum atomic E-state index is 11.2. The van der Waals surface area contributed by atoms with Crippen molar-refractivity contribution in [2.75, 3.05) is 19.8 Å². The maximum absolute atomic E-state index is 11.2. The van der Waals surface area contributed by atoms with Crippen molar-refractivity contribution in [2.45, 2.75) is 25.4 Å². The van der Waals surface area contributed by atoms with E-state index in [1.54, 1.807) is 0 Å². The molecular formula is C14H18N2O3. The zero-order valence-electron chi connectivity index (χ0n) is 10.9. The van der Waals surface area contributed by atoms with E-state index in [9.17, 15) is 4.79 Å². The van der Waals surface area contributed by atoms with Crippen LogP contribution in [-0.4, -0.2) is 31.7 Å². The second-order valence-corrected chi connectivity index (χ2v) is 5.00. The summed E-state index contributed by atoms with van der Waals surface area (Å²) < 4.78 is 11.1. The Labute approximate surface area is 112 Å². The van der Waals surface area contributed by atoms with Gasteiger partial charge >= 0.3 is 0 Å². The lowest BCUT2D eigenvalue weighted by Crippen LogP contribution is -2.33. The molecule has 1 aromatic carbocycles. The zero-order chi connectivity index (χ0) is 13.2. The average Bonchev–Trinajstić information content (AvgIpc) is 2.83. The van der Waals surface area contributed by atoms with Gasteiger partial charge in [-0.25, -0.2) is 0 Å². The van der Waals surface area contributed by atoms with E-state index in [4.69, 9.17) is 9.47 Å². The summed E-state index contributed by atoms with van der Waals surface area (Å²) in [4.78, 5) is 11.2. The fourth-order valence-electron chi connectivity index (χ4n) is 2.50. The summed E-state index contributed by atoms with van der Waals surface area (Å²) >= 11 is 0. The van der Waals surface area contributed by atoms with Gasteiger partial charge in [-0.1, -0.05) is 6.07 Å². The molecule has 2 unspecified atom stereocenters. The van der Waals surface area contributed by atoms with E-state index in [-0.39, 0.29) is 18.0 Å². The van der Waals surface area contributed by atoms with Crippen LogP contribution < -0.4 is 20.1 Å². The summed E-state index contributed by atoms with van der Waals surface area (Å²) in [6.45, 7) is 4.00. The molecule has 102 valence electrons. The van der Waals surface area contributed by atoms with Crippen molar-refractivity contribution >= 4 is 5.91 Å². The van der Waals surface area contributed by atoms with Gasteiger partial charge in [-0.05, 0) is 24.6 Å². The third-order valence-electron chi connectivity index (χ3n) is 3.53. The summed E-state index contributed by atoms with van der Waals surface area (Å²) in [7, 11) is 0. The Balaban J connectivity index is 1.69. The Bertz CT molecular complexity index is 490. The Morgan fingerprint density at radius 3 is 2.84 bits per heavy atom. The highest BCUT2D eigenvalue weighted by Crippen LogP contribution is 2.32. The van der Waals surface area contributed by atoms with Crippen molar-refractivity contribution in [2.24, 2.45) is 0 Å². The van der Waals surface area contributed by atoms with Crippen LogP contribution >= 0.6 is 0 Å². The van der Waals surface area contributed by atoms with Gasteiger partial charge in [-0.15, -0.1) is 0 Å². The molecule has 1 saturated heterocycles. The first-order chi connectivity index (χ1) is 9.22. The van der Waals surface area contributed by atoms with Crippen molar-refractivity contribution in [3.05, 3.63) is 23.8 Å². The number of nitrogens with one attached hydrogen (secondary N) is 2. The van der Waals surface area contributed by atoms with Crippen LogP contribution in [0.25, 0.3) is 0 Å². The SMILES string of the molecule is CC(NC1CNC(=O)C1)c1ccc2c(c1)OCCO2. The molecule has 3 rings (SSSR count).